The topological polar surface area (TPSA) is 79.8 Å². The first-order chi connectivity index (χ1) is 10.8. The Morgan fingerprint density at radius 3 is 2.74 bits per heavy atom. The van der Waals surface area contributed by atoms with Gasteiger partial charge in [0, 0.05) is 24.3 Å². The van der Waals surface area contributed by atoms with E-state index in [-0.39, 0.29) is 23.6 Å². The van der Waals surface area contributed by atoms with Gasteiger partial charge in [0.15, 0.2) is 0 Å². The maximum absolute atomic E-state index is 12.0. The van der Waals surface area contributed by atoms with Crippen LogP contribution in [0.4, 0.5) is 10.5 Å². The fourth-order valence-corrected chi connectivity index (χ4v) is 2.64. The Labute approximate surface area is 141 Å². The van der Waals surface area contributed by atoms with Crippen molar-refractivity contribution in [3.05, 3.63) is 23.2 Å². The highest BCUT2D eigenvalue weighted by Crippen LogP contribution is 2.40. The van der Waals surface area contributed by atoms with E-state index >= 15 is 0 Å². The molecule has 128 valence electrons. The van der Waals surface area contributed by atoms with Crippen molar-refractivity contribution in [2.45, 2.75) is 32.4 Å². The number of ether oxygens (including phenoxy) is 2. The molecule has 1 aliphatic carbocycles. The van der Waals surface area contributed by atoms with Gasteiger partial charge in [-0.15, -0.1) is 0 Å². The van der Waals surface area contributed by atoms with E-state index in [0.29, 0.717) is 36.1 Å². The number of rotatable bonds is 6. The maximum atomic E-state index is 12.0. The molecule has 0 aromatic heterocycles. The molecule has 6 nitrogen and oxygen atoms in total. The van der Waals surface area contributed by atoms with Gasteiger partial charge in [0.1, 0.15) is 12.4 Å². The van der Waals surface area contributed by atoms with Gasteiger partial charge in [-0.3, -0.25) is 0 Å². The summed E-state index contributed by atoms with van der Waals surface area (Å²) in [4.78, 5) is 12.0. The fraction of sp³-hybridized carbons (Fsp3) is 0.562. The lowest BCUT2D eigenvalue weighted by atomic mass is 9.65. The van der Waals surface area contributed by atoms with Crippen molar-refractivity contribution in [3.63, 3.8) is 0 Å². The molecule has 3 N–H and O–H groups in total. The molecule has 0 spiro atoms. The van der Waals surface area contributed by atoms with Crippen molar-refractivity contribution in [2.75, 3.05) is 25.6 Å². The lowest BCUT2D eigenvalue weighted by molar-refractivity contribution is -0.0673. The van der Waals surface area contributed by atoms with Gasteiger partial charge < -0.3 is 25.2 Å². The SMILES string of the molecule is COCCOc1ccc(NC(=O)N[C@H]2C[C@@H](O)C2(C)C)cc1Cl. The molecule has 2 amide bonds. The number of urea groups is 1. The molecule has 0 radical (unpaired) electrons. The lowest BCUT2D eigenvalue weighted by Crippen LogP contribution is -2.61. The number of benzene rings is 1. The monoisotopic (exact) mass is 342 g/mol. The zero-order valence-electron chi connectivity index (χ0n) is 13.6. The standard InChI is InChI=1S/C16H23ClN2O4/c1-16(2)13(9-14(16)20)19-15(21)18-10-4-5-12(11(17)8-10)23-7-6-22-3/h4-5,8,13-14,20H,6-7,9H2,1-3H3,(H2,18,19,21)/t13-,14+/m0/s1. The highest BCUT2D eigenvalue weighted by molar-refractivity contribution is 6.32. The number of hydrogen-bond acceptors (Lipinski definition) is 4. The van der Waals surface area contributed by atoms with E-state index in [1.165, 1.54) is 0 Å². The van der Waals surface area contributed by atoms with Gasteiger partial charge in [0.25, 0.3) is 0 Å². The number of anilines is 1. The van der Waals surface area contributed by atoms with Crippen molar-refractivity contribution in [2.24, 2.45) is 5.41 Å². The predicted octanol–water partition coefficient (Wildman–Crippen LogP) is 2.65. The third-order valence-corrected chi connectivity index (χ3v) is 4.55. The van der Waals surface area contributed by atoms with Crippen molar-refractivity contribution >= 4 is 23.3 Å². The number of aliphatic hydroxyl groups is 1. The van der Waals surface area contributed by atoms with Crippen LogP contribution in [0.5, 0.6) is 5.75 Å². The third kappa shape index (κ3) is 4.28. The molecule has 2 rings (SSSR count). The molecule has 1 aromatic carbocycles. The van der Waals surface area contributed by atoms with Gasteiger partial charge >= 0.3 is 6.03 Å². The minimum Gasteiger partial charge on any atom is -0.490 e. The number of carbonyl (C=O) groups excluding carboxylic acids is 1. The number of nitrogens with one attached hydrogen (secondary N) is 2. The van der Waals surface area contributed by atoms with E-state index < -0.39 is 0 Å². The second kappa shape index (κ2) is 7.38. The molecule has 0 saturated heterocycles. The van der Waals surface area contributed by atoms with E-state index in [1.54, 1.807) is 25.3 Å². The molecule has 1 saturated carbocycles. The zero-order valence-corrected chi connectivity index (χ0v) is 14.3. The average Bonchev–Trinajstić information content (AvgIpc) is 2.49. The van der Waals surface area contributed by atoms with E-state index in [9.17, 15) is 9.90 Å². The van der Waals surface area contributed by atoms with Crippen LogP contribution in [0.2, 0.25) is 5.02 Å². The summed E-state index contributed by atoms with van der Waals surface area (Å²) < 4.78 is 10.4. The predicted molar refractivity (Wildman–Crippen MR) is 89.2 cm³/mol. The van der Waals surface area contributed by atoms with Crippen LogP contribution in [-0.4, -0.2) is 43.6 Å². The number of amides is 2. The first-order valence-electron chi connectivity index (χ1n) is 7.51. The zero-order chi connectivity index (χ0) is 17.0. The van der Waals surface area contributed by atoms with Crippen molar-refractivity contribution < 1.29 is 19.4 Å². The van der Waals surface area contributed by atoms with Crippen LogP contribution >= 0.6 is 11.6 Å². The first-order valence-corrected chi connectivity index (χ1v) is 7.89. The Kier molecular flexibility index (Phi) is 5.73. The van der Waals surface area contributed by atoms with Crippen LogP contribution in [0.3, 0.4) is 0 Å². The highest BCUT2D eigenvalue weighted by atomic mass is 35.5. The summed E-state index contributed by atoms with van der Waals surface area (Å²) in [5.74, 6) is 0.540. The molecular formula is C16H23ClN2O4. The number of methoxy groups -OCH3 is 1. The Morgan fingerprint density at radius 2 is 2.17 bits per heavy atom. The summed E-state index contributed by atoms with van der Waals surface area (Å²) in [6, 6.07) is 4.67. The molecule has 7 heteroatoms. The molecule has 1 aromatic rings. The molecule has 0 heterocycles. The van der Waals surface area contributed by atoms with Gasteiger partial charge in [-0.2, -0.15) is 0 Å². The highest BCUT2D eigenvalue weighted by Gasteiger charge is 2.47. The van der Waals surface area contributed by atoms with Crippen LogP contribution in [0.1, 0.15) is 20.3 Å². The molecular weight excluding hydrogens is 320 g/mol. The van der Waals surface area contributed by atoms with Crippen molar-refractivity contribution in [1.82, 2.24) is 5.32 Å². The van der Waals surface area contributed by atoms with Gasteiger partial charge in [0.05, 0.1) is 17.7 Å². The summed E-state index contributed by atoms with van der Waals surface area (Å²) in [5.41, 5.74) is 0.262. The van der Waals surface area contributed by atoms with E-state index in [1.807, 2.05) is 13.8 Å². The number of aliphatic hydroxyl groups excluding tert-OH is 1. The minimum absolute atomic E-state index is 0.0513. The van der Waals surface area contributed by atoms with E-state index in [0.717, 1.165) is 0 Å². The Hall–Kier alpha value is -1.50. The smallest absolute Gasteiger partial charge is 0.319 e. The Morgan fingerprint density at radius 1 is 1.43 bits per heavy atom. The summed E-state index contributed by atoms with van der Waals surface area (Å²) >= 11 is 6.13. The summed E-state index contributed by atoms with van der Waals surface area (Å²) in [5, 5.41) is 15.7. The van der Waals surface area contributed by atoms with Crippen LogP contribution in [-0.2, 0) is 4.74 Å². The number of hydrogen-bond donors (Lipinski definition) is 3. The van der Waals surface area contributed by atoms with Crippen LogP contribution in [0, 0.1) is 5.41 Å². The molecule has 23 heavy (non-hydrogen) atoms. The molecule has 2 atom stereocenters. The van der Waals surface area contributed by atoms with Crippen LogP contribution in [0.25, 0.3) is 0 Å². The minimum atomic E-state index is -0.384. The molecule has 0 bridgehead atoms. The second-order valence-electron chi connectivity index (χ2n) is 6.21. The van der Waals surface area contributed by atoms with Crippen molar-refractivity contribution in [1.29, 1.82) is 0 Å². The van der Waals surface area contributed by atoms with Crippen LogP contribution in [0.15, 0.2) is 18.2 Å². The fourth-order valence-electron chi connectivity index (χ4n) is 2.40. The van der Waals surface area contributed by atoms with Gasteiger partial charge in [-0.25, -0.2) is 4.79 Å². The number of carbonyl (C=O) groups is 1. The molecule has 1 aliphatic rings. The lowest BCUT2D eigenvalue weighted by Gasteiger charge is -2.49. The largest absolute Gasteiger partial charge is 0.490 e. The molecule has 1 fully saturated rings. The molecule has 0 aliphatic heterocycles. The number of halogens is 1. The summed E-state index contributed by atoms with van der Waals surface area (Å²) in [6.45, 7) is 4.73. The van der Waals surface area contributed by atoms with Gasteiger partial charge in [-0.05, 0) is 24.6 Å². The van der Waals surface area contributed by atoms with Crippen LogP contribution < -0.4 is 15.4 Å². The Bertz CT molecular complexity index is 565. The Balaban J connectivity index is 1.88. The maximum Gasteiger partial charge on any atom is 0.319 e. The molecule has 0 unspecified atom stereocenters. The summed E-state index contributed by atoms with van der Waals surface area (Å²) in [7, 11) is 1.60. The van der Waals surface area contributed by atoms with E-state index in [4.69, 9.17) is 21.1 Å². The quantitative estimate of drug-likeness (QED) is 0.694. The second-order valence-corrected chi connectivity index (χ2v) is 6.62. The summed E-state index contributed by atoms with van der Waals surface area (Å²) in [6.07, 6.45) is 0.179. The van der Waals surface area contributed by atoms with E-state index in [2.05, 4.69) is 10.6 Å². The first kappa shape index (κ1) is 17.8. The third-order valence-electron chi connectivity index (χ3n) is 4.26. The van der Waals surface area contributed by atoms with Gasteiger partial charge in [-0.1, -0.05) is 25.4 Å². The normalized spacial score (nSPS) is 22.1. The van der Waals surface area contributed by atoms with Crippen molar-refractivity contribution in [3.8, 4) is 5.75 Å². The average molecular weight is 343 g/mol. The van der Waals surface area contributed by atoms with Gasteiger partial charge in [0.2, 0.25) is 0 Å².